The molecule has 0 atom stereocenters. The lowest BCUT2D eigenvalue weighted by molar-refractivity contribution is 1.08. The molecule has 13 aromatic rings. The molecule has 70 heavy (non-hydrogen) atoms. The van der Waals surface area contributed by atoms with Gasteiger partial charge in [0, 0.05) is 32.7 Å². The number of rotatable bonds is 6. The third kappa shape index (κ3) is 5.74. The largest absolute Gasteiger partial charge is 0.294 e. The van der Waals surface area contributed by atoms with Gasteiger partial charge in [0.2, 0.25) is 13.4 Å². The molecule has 0 fully saturated rings. The van der Waals surface area contributed by atoms with Crippen LogP contribution in [0.2, 0.25) is 0 Å². The Bertz CT molecular complexity index is 4180. The van der Waals surface area contributed by atoms with Gasteiger partial charge in [-0.2, -0.15) is 0 Å². The van der Waals surface area contributed by atoms with Gasteiger partial charge in [0.1, 0.15) is 11.6 Å². The summed E-state index contributed by atoms with van der Waals surface area (Å²) in [4.78, 5) is 10.9. The quantitative estimate of drug-likeness (QED) is 0.156. The summed E-state index contributed by atoms with van der Waals surface area (Å²) >= 11 is 0. The summed E-state index contributed by atoms with van der Waals surface area (Å²) in [5, 5.41) is 4.72. The molecule has 9 aromatic carbocycles. The van der Waals surface area contributed by atoms with Crippen molar-refractivity contribution in [3.63, 3.8) is 0 Å². The van der Waals surface area contributed by atoms with E-state index in [1.807, 2.05) is 0 Å². The minimum atomic E-state index is 0.0868. The van der Waals surface area contributed by atoms with Gasteiger partial charge in [0.05, 0.1) is 33.5 Å². The highest BCUT2D eigenvalue weighted by Crippen LogP contribution is 2.42. The first-order valence-corrected chi connectivity index (χ1v) is 24.2. The van der Waals surface area contributed by atoms with Crippen LogP contribution in [0.4, 0.5) is 0 Å². The molecule has 2 aliphatic heterocycles. The Balaban J connectivity index is 1.06. The monoisotopic (exact) mass is 886 g/mol. The van der Waals surface area contributed by atoms with Gasteiger partial charge in [-0.05, 0) is 64.7 Å². The van der Waals surface area contributed by atoms with Crippen LogP contribution < -0.4 is 32.8 Å². The Morgan fingerprint density at radius 2 is 0.714 bits per heavy atom. The minimum Gasteiger partial charge on any atom is -0.294 e. The molecule has 0 N–H and O–H groups in total. The van der Waals surface area contributed by atoms with Gasteiger partial charge in [-0.3, -0.25) is 9.13 Å². The Labute approximate surface area is 406 Å². The van der Waals surface area contributed by atoms with Crippen molar-refractivity contribution in [2.24, 2.45) is 0 Å². The SMILES string of the molecule is c1ccc(-c2cccc(-n3c4ccc(B5c6ccccc6-c6ccccc65)cc4c4c3ccc3c5cc(B6c7ccccc7-c7ccccc76)ccc5n(-c5cccc(-c6ccccc6)n5)c34)n2)cc1. The van der Waals surface area contributed by atoms with Crippen molar-refractivity contribution in [1.82, 2.24) is 19.1 Å². The van der Waals surface area contributed by atoms with E-state index in [4.69, 9.17) is 9.97 Å². The number of benzene rings is 9. The van der Waals surface area contributed by atoms with E-state index in [0.29, 0.717) is 0 Å². The fourth-order valence-electron chi connectivity index (χ4n) is 12.2. The summed E-state index contributed by atoms with van der Waals surface area (Å²) in [7, 11) is 0. The van der Waals surface area contributed by atoms with Crippen LogP contribution in [-0.4, -0.2) is 32.5 Å². The zero-order valence-electron chi connectivity index (χ0n) is 38.0. The van der Waals surface area contributed by atoms with E-state index in [0.717, 1.165) is 56.2 Å². The summed E-state index contributed by atoms with van der Waals surface area (Å²) < 4.78 is 4.81. The van der Waals surface area contributed by atoms with Crippen LogP contribution in [0.25, 0.3) is 100 Å². The molecule has 0 amide bonds. The number of aromatic nitrogens is 4. The summed E-state index contributed by atoms with van der Waals surface area (Å²) in [6.45, 7) is 0.201. The fourth-order valence-corrected chi connectivity index (χ4v) is 12.2. The molecule has 0 spiro atoms. The highest BCUT2D eigenvalue weighted by Gasteiger charge is 2.35. The molecular weight excluding hydrogens is 846 g/mol. The summed E-state index contributed by atoms with van der Waals surface area (Å²) in [5.74, 6) is 1.75. The van der Waals surface area contributed by atoms with Gasteiger partial charge in [-0.25, -0.2) is 9.97 Å². The summed E-state index contributed by atoms with van der Waals surface area (Å²) in [5.41, 5.74) is 21.6. The van der Waals surface area contributed by atoms with Crippen molar-refractivity contribution in [2.45, 2.75) is 0 Å². The lowest BCUT2D eigenvalue weighted by Gasteiger charge is -2.13. The van der Waals surface area contributed by atoms with Gasteiger partial charge >= 0.3 is 0 Å². The normalized spacial score (nSPS) is 12.5. The van der Waals surface area contributed by atoms with Crippen LogP contribution in [0.1, 0.15) is 0 Å². The van der Waals surface area contributed by atoms with Crippen LogP contribution in [-0.2, 0) is 0 Å². The molecule has 2 aliphatic rings. The molecule has 4 aromatic heterocycles. The zero-order chi connectivity index (χ0) is 45.9. The second-order valence-corrected chi connectivity index (χ2v) is 18.8. The number of nitrogens with zero attached hydrogens (tertiary/aromatic N) is 4. The van der Waals surface area contributed by atoms with E-state index in [1.54, 1.807) is 0 Å². The van der Waals surface area contributed by atoms with E-state index in [2.05, 4.69) is 252 Å². The molecule has 0 radical (unpaired) electrons. The molecule has 0 unspecified atom stereocenters. The standard InChI is InChI=1S/C64H40B2N4/c1-3-17-41(18-4-1)56-29-15-31-61(67-56)69-59-37-34-44(66-54-27-13-9-23-47(54)48-24-10-14-28-55(48)66)40-51(59)63-60(69)38-35-49-50-39-43(65-52-25-11-7-21-45(52)46-22-8-12-26-53(46)65)33-36-58(50)70(64(49)63)62-32-16-30-57(68-62)42-19-5-2-6-20-42/h1-40H. The fraction of sp³-hybridized carbons (Fsp3) is 0. The van der Waals surface area contributed by atoms with Gasteiger partial charge in [0.15, 0.2) is 0 Å². The number of pyridine rings is 2. The molecule has 4 nitrogen and oxygen atoms in total. The third-order valence-corrected chi connectivity index (χ3v) is 15.1. The maximum absolute atomic E-state index is 5.52. The second-order valence-electron chi connectivity index (χ2n) is 18.8. The second kappa shape index (κ2) is 15.3. The first-order valence-electron chi connectivity index (χ1n) is 24.2. The average Bonchev–Trinajstić information content (AvgIpc) is 4.16. The van der Waals surface area contributed by atoms with Crippen molar-refractivity contribution in [2.75, 3.05) is 0 Å². The van der Waals surface area contributed by atoms with E-state index in [1.165, 1.54) is 76.6 Å². The van der Waals surface area contributed by atoms with Crippen LogP contribution in [0.5, 0.6) is 0 Å². The highest BCUT2D eigenvalue weighted by molar-refractivity contribution is 6.99. The van der Waals surface area contributed by atoms with Gasteiger partial charge in [0.25, 0.3) is 0 Å². The van der Waals surface area contributed by atoms with Crippen molar-refractivity contribution in [1.29, 1.82) is 0 Å². The highest BCUT2D eigenvalue weighted by atomic mass is 15.1. The van der Waals surface area contributed by atoms with Gasteiger partial charge in [-0.1, -0.05) is 233 Å². The van der Waals surface area contributed by atoms with Crippen LogP contribution in [0, 0.1) is 0 Å². The Morgan fingerprint density at radius 3 is 1.21 bits per heavy atom. The molecule has 15 rings (SSSR count). The Hall–Kier alpha value is -8.99. The molecule has 0 aliphatic carbocycles. The molecular formula is C64H40B2N4. The van der Waals surface area contributed by atoms with E-state index in [9.17, 15) is 0 Å². The number of fused-ring (bicyclic) bond motifs is 13. The Morgan fingerprint density at radius 1 is 0.300 bits per heavy atom. The molecule has 0 saturated carbocycles. The average molecular weight is 887 g/mol. The lowest BCUT2D eigenvalue weighted by atomic mass is 9.39. The predicted octanol–water partition coefficient (Wildman–Crippen LogP) is 11.0. The van der Waals surface area contributed by atoms with Crippen LogP contribution in [0.3, 0.4) is 0 Å². The van der Waals surface area contributed by atoms with Crippen molar-refractivity contribution in [3.8, 4) is 56.4 Å². The van der Waals surface area contributed by atoms with Crippen LogP contribution >= 0.6 is 0 Å². The molecule has 322 valence electrons. The van der Waals surface area contributed by atoms with E-state index in [-0.39, 0.29) is 13.4 Å². The predicted molar refractivity (Wildman–Crippen MR) is 295 cm³/mol. The third-order valence-electron chi connectivity index (χ3n) is 15.1. The first-order chi connectivity index (χ1) is 34.7. The van der Waals surface area contributed by atoms with Gasteiger partial charge < -0.3 is 0 Å². The molecule has 0 bridgehead atoms. The summed E-state index contributed by atoms with van der Waals surface area (Å²) in [6, 6.07) is 88.6. The Kier molecular flexibility index (Phi) is 8.51. The maximum atomic E-state index is 5.52. The van der Waals surface area contributed by atoms with Crippen molar-refractivity contribution in [3.05, 3.63) is 243 Å². The molecule has 6 heterocycles. The molecule has 6 heteroatoms. The number of hydrogen-bond acceptors (Lipinski definition) is 2. The van der Waals surface area contributed by atoms with Gasteiger partial charge in [-0.15, -0.1) is 0 Å². The molecule has 0 saturated heterocycles. The van der Waals surface area contributed by atoms with E-state index >= 15 is 0 Å². The summed E-state index contributed by atoms with van der Waals surface area (Å²) in [6.07, 6.45) is 0. The van der Waals surface area contributed by atoms with Crippen molar-refractivity contribution < 1.29 is 0 Å². The zero-order valence-corrected chi connectivity index (χ0v) is 38.0. The van der Waals surface area contributed by atoms with Crippen LogP contribution in [0.15, 0.2) is 243 Å². The topological polar surface area (TPSA) is 35.6 Å². The smallest absolute Gasteiger partial charge is 0.242 e. The lowest BCUT2D eigenvalue weighted by Crippen LogP contribution is -2.48. The minimum absolute atomic E-state index is 0.0868. The van der Waals surface area contributed by atoms with Crippen molar-refractivity contribution >= 4 is 89.8 Å². The van der Waals surface area contributed by atoms with E-state index < -0.39 is 0 Å². The number of hydrogen-bond donors (Lipinski definition) is 0. The first kappa shape index (κ1) is 39.0. The maximum Gasteiger partial charge on any atom is 0.242 e.